The molecule has 0 atom stereocenters. The summed E-state index contributed by atoms with van der Waals surface area (Å²) in [6, 6.07) is 8.74. The van der Waals surface area contributed by atoms with E-state index in [-0.39, 0.29) is 11.7 Å². The van der Waals surface area contributed by atoms with Crippen LogP contribution in [-0.2, 0) is 17.8 Å². The van der Waals surface area contributed by atoms with Gasteiger partial charge in [-0.3, -0.25) is 15.1 Å². The quantitative estimate of drug-likeness (QED) is 0.517. The van der Waals surface area contributed by atoms with Crippen LogP contribution >= 0.6 is 11.3 Å². The van der Waals surface area contributed by atoms with E-state index < -0.39 is 0 Å². The Morgan fingerprint density at radius 1 is 1.43 bits per heavy atom. The average molecular weight is 305 g/mol. The first-order valence-corrected chi connectivity index (χ1v) is 7.56. The monoisotopic (exact) mass is 305 g/mol. The molecule has 0 unspecified atom stereocenters. The Kier molecular flexibility index (Phi) is 4.01. The van der Waals surface area contributed by atoms with E-state index in [1.54, 1.807) is 23.5 Å². The van der Waals surface area contributed by atoms with E-state index in [1.807, 2.05) is 6.07 Å². The van der Waals surface area contributed by atoms with Crippen molar-refractivity contribution >= 4 is 17.2 Å². The van der Waals surface area contributed by atoms with Crippen LogP contribution in [0.25, 0.3) is 10.4 Å². The summed E-state index contributed by atoms with van der Waals surface area (Å²) < 4.78 is 13.3. The van der Waals surface area contributed by atoms with Crippen molar-refractivity contribution in [2.24, 2.45) is 5.84 Å². The van der Waals surface area contributed by atoms with Crippen molar-refractivity contribution in [2.45, 2.75) is 13.0 Å². The third-order valence-corrected chi connectivity index (χ3v) is 4.87. The fraction of sp³-hybridized carbons (Fsp3) is 0.267. The molecule has 2 heterocycles. The van der Waals surface area contributed by atoms with Gasteiger partial charge in [0.2, 0.25) is 5.91 Å². The number of halogens is 1. The molecule has 3 N–H and O–H groups in total. The van der Waals surface area contributed by atoms with Crippen LogP contribution in [0.5, 0.6) is 0 Å². The number of fused-ring (bicyclic) bond motifs is 1. The van der Waals surface area contributed by atoms with E-state index in [4.69, 9.17) is 5.84 Å². The van der Waals surface area contributed by atoms with Gasteiger partial charge in [-0.05, 0) is 35.7 Å². The van der Waals surface area contributed by atoms with Gasteiger partial charge in [0, 0.05) is 22.8 Å². The molecule has 1 aliphatic rings. The third kappa shape index (κ3) is 3.12. The first kappa shape index (κ1) is 14.2. The van der Waals surface area contributed by atoms with Crippen molar-refractivity contribution in [1.82, 2.24) is 10.3 Å². The Balaban J connectivity index is 1.80. The summed E-state index contributed by atoms with van der Waals surface area (Å²) in [4.78, 5) is 15.8. The number of hydrazine groups is 1. The molecule has 1 aromatic heterocycles. The van der Waals surface area contributed by atoms with Crippen LogP contribution in [0.4, 0.5) is 4.39 Å². The molecule has 4 nitrogen and oxygen atoms in total. The maximum Gasteiger partial charge on any atom is 0.248 e. The predicted molar refractivity (Wildman–Crippen MR) is 81.0 cm³/mol. The lowest BCUT2D eigenvalue weighted by atomic mass is 10.1. The third-order valence-electron chi connectivity index (χ3n) is 3.58. The van der Waals surface area contributed by atoms with Gasteiger partial charge < -0.3 is 0 Å². The summed E-state index contributed by atoms with van der Waals surface area (Å²) >= 11 is 1.71. The van der Waals surface area contributed by atoms with Crippen molar-refractivity contribution in [1.29, 1.82) is 0 Å². The van der Waals surface area contributed by atoms with Crippen LogP contribution < -0.4 is 11.3 Å². The van der Waals surface area contributed by atoms with Gasteiger partial charge in [-0.1, -0.05) is 12.1 Å². The molecule has 110 valence electrons. The first-order chi connectivity index (χ1) is 10.2. The molecule has 2 aromatic rings. The van der Waals surface area contributed by atoms with Gasteiger partial charge in [0.25, 0.3) is 0 Å². The molecule has 3 rings (SSSR count). The van der Waals surface area contributed by atoms with Crippen molar-refractivity contribution in [2.75, 3.05) is 13.1 Å². The minimum atomic E-state index is -0.222. The molecular weight excluding hydrogens is 289 g/mol. The van der Waals surface area contributed by atoms with E-state index >= 15 is 0 Å². The standard InChI is InChI=1S/C15H16FN3OS/c16-12-3-1-2-10(6-12)14-7-11-8-19(9-15(20)18-17)5-4-13(11)21-14/h1-3,6-7H,4-5,8-9,17H2,(H,18,20). The Morgan fingerprint density at radius 2 is 2.29 bits per heavy atom. The highest BCUT2D eigenvalue weighted by Gasteiger charge is 2.21. The van der Waals surface area contributed by atoms with E-state index in [9.17, 15) is 9.18 Å². The minimum Gasteiger partial charge on any atom is -0.293 e. The van der Waals surface area contributed by atoms with Crippen LogP contribution in [0.15, 0.2) is 30.3 Å². The Labute approximate surface area is 126 Å². The van der Waals surface area contributed by atoms with Gasteiger partial charge in [0.15, 0.2) is 0 Å². The number of nitrogens with one attached hydrogen (secondary N) is 1. The molecule has 1 aliphatic heterocycles. The van der Waals surface area contributed by atoms with Crippen LogP contribution in [-0.4, -0.2) is 23.9 Å². The smallest absolute Gasteiger partial charge is 0.248 e. The molecule has 0 fully saturated rings. The summed E-state index contributed by atoms with van der Waals surface area (Å²) in [5.74, 6) is 4.71. The maximum atomic E-state index is 13.3. The number of nitrogens with two attached hydrogens (primary N) is 1. The second-order valence-electron chi connectivity index (χ2n) is 5.10. The summed E-state index contributed by atoms with van der Waals surface area (Å²) in [5.41, 5.74) is 4.28. The lowest BCUT2D eigenvalue weighted by Gasteiger charge is -2.25. The minimum absolute atomic E-state index is 0.181. The number of thiophene rings is 1. The van der Waals surface area contributed by atoms with Crippen LogP contribution in [0.1, 0.15) is 10.4 Å². The van der Waals surface area contributed by atoms with Crippen LogP contribution in [0.3, 0.4) is 0 Å². The SMILES string of the molecule is NNC(=O)CN1CCc2sc(-c3cccc(F)c3)cc2C1. The molecule has 0 saturated carbocycles. The summed E-state index contributed by atoms with van der Waals surface area (Å²) in [5, 5.41) is 0. The van der Waals surface area contributed by atoms with Crippen LogP contribution in [0, 0.1) is 5.82 Å². The van der Waals surface area contributed by atoms with Crippen molar-refractivity contribution in [3.05, 3.63) is 46.6 Å². The van der Waals surface area contributed by atoms with Gasteiger partial charge in [0.05, 0.1) is 6.54 Å². The van der Waals surface area contributed by atoms with Crippen LogP contribution in [0.2, 0.25) is 0 Å². The van der Waals surface area contributed by atoms with Crippen molar-refractivity contribution in [3.8, 4) is 10.4 Å². The first-order valence-electron chi connectivity index (χ1n) is 6.75. The second-order valence-corrected chi connectivity index (χ2v) is 6.23. The maximum absolute atomic E-state index is 13.3. The normalized spacial score (nSPS) is 14.8. The number of carbonyl (C=O) groups is 1. The Morgan fingerprint density at radius 3 is 3.05 bits per heavy atom. The topological polar surface area (TPSA) is 58.4 Å². The molecule has 0 bridgehead atoms. The summed E-state index contributed by atoms with van der Waals surface area (Å²) in [6.45, 7) is 1.87. The van der Waals surface area contributed by atoms with E-state index in [1.165, 1.54) is 16.5 Å². The lowest BCUT2D eigenvalue weighted by molar-refractivity contribution is -0.122. The summed E-state index contributed by atoms with van der Waals surface area (Å²) in [6.07, 6.45) is 0.910. The highest BCUT2D eigenvalue weighted by molar-refractivity contribution is 7.15. The molecule has 1 amide bonds. The predicted octanol–water partition coefficient (Wildman–Crippen LogP) is 1.90. The molecular formula is C15H16FN3OS. The van der Waals surface area contributed by atoms with Gasteiger partial charge in [-0.15, -0.1) is 11.3 Å². The number of carbonyl (C=O) groups excluding carboxylic acids is 1. The van der Waals surface area contributed by atoms with Gasteiger partial charge in [-0.2, -0.15) is 0 Å². The van der Waals surface area contributed by atoms with Gasteiger partial charge >= 0.3 is 0 Å². The molecule has 1 aromatic carbocycles. The Bertz CT molecular complexity index is 671. The number of rotatable bonds is 3. The van der Waals surface area contributed by atoms with E-state index in [0.717, 1.165) is 30.0 Å². The molecule has 0 saturated heterocycles. The lowest BCUT2D eigenvalue weighted by Crippen LogP contribution is -2.42. The van der Waals surface area contributed by atoms with Crippen molar-refractivity contribution in [3.63, 3.8) is 0 Å². The fourth-order valence-corrected chi connectivity index (χ4v) is 3.72. The van der Waals surface area contributed by atoms with Crippen molar-refractivity contribution < 1.29 is 9.18 Å². The largest absolute Gasteiger partial charge is 0.293 e. The molecule has 0 aliphatic carbocycles. The number of nitrogens with zero attached hydrogens (tertiary/aromatic N) is 1. The zero-order valence-electron chi connectivity index (χ0n) is 11.4. The molecule has 21 heavy (non-hydrogen) atoms. The van der Waals surface area contributed by atoms with E-state index in [2.05, 4.69) is 16.4 Å². The van der Waals surface area contributed by atoms with Gasteiger partial charge in [-0.25, -0.2) is 10.2 Å². The molecule has 0 radical (unpaired) electrons. The molecule has 6 heteroatoms. The highest BCUT2D eigenvalue weighted by Crippen LogP contribution is 2.34. The zero-order valence-corrected chi connectivity index (χ0v) is 12.3. The summed E-state index contributed by atoms with van der Waals surface area (Å²) in [7, 11) is 0. The Hall–Kier alpha value is -1.76. The van der Waals surface area contributed by atoms with Gasteiger partial charge in [0.1, 0.15) is 5.82 Å². The number of hydrogen-bond acceptors (Lipinski definition) is 4. The number of hydrogen-bond donors (Lipinski definition) is 2. The molecule has 0 spiro atoms. The zero-order chi connectivity index (χ0) is 14.8. The number of benzene rings is 1. The highest BCUT2D eigenvalue weighted by atomic mass is 32.1. The van der Waals surface area contributed by atoms with E-state index in [0.29, 0.717) is 6.54 Å². The second kappa shape index (κ2) is 5.93. The fourth-order valence-electron chi connectivity index (χ4n) is 2.56. The number of amides is 1. The average Bonchev–Trinajstić information content (AvgIpc) is 2.90.